The molecule has 1 saturated heterocycles. The Kier molecular flexibility index (Phi) is 6.61. The van der Waals surface area contributed by atoms with Gasteiger partial charge in [0.05, 0.1) is 19.8 Å². The fourth-order valence-electron chi connectivity index (χ4n) is 2.57. The van der Waals surface area contributed by atoms with Crippen LogP contribution in [0.3, 0.4) is 0 Å². The van der Waals surface area contributed by atoms with Gasteiger partial charge in [-0.3, -0.25) is 9.59 Å². The van der Waals surface area contributed by atoms with E-state index in [2.05, 4.69) is 5.32 Å². The summed E-state index contributed by atoms with van der Waals surface area (Å²) in [5.41, 5.74) is -0.314. The normalized spacial score (nSPS) is 23.4. The monoisotopic (exact) mass is 300 g/mol. The van der Waals surface area contributed by atoms with Gasteiger partial charge in [0, 0.05) is 13.7 Å². The van der Waals surface area contributed by atoms with Gasteiger partial charge >= 0.3 is 0 Å². The molecule has 0 aromatic heterocycles. The highest BCUT2D eigenvalue weighted by molar-refractivity contribution is 5.97. The van der Waals surface area contributed by atoms with Gasteiger partial charge < -0.3 is 19.7 Å². The zero-order valence-corrected chi connectivity index (χ0v) is 13.8. The van der Waals surface area contributed by atoms with Crippen LogP contribution in [-0.2, 0) is 19.1 Å². The summed E-state index contributed by atoms with van der Waals surface area (Å²) in [4.78, 5) is 26.5. The molecule has 0 aromatic carbocycles. The highest BCUT2D eigenvalue weighted by Crippen LogP contribution is 2.28. The molecular formula is C15H28N2O4. The molecule has 1 heterocycles. The Labute approximate surface area is 127 Å². The number of amides is 2. The molecule has 1 aliphatic rings. The van der Waals surface area contributed by atoms with Crippen LogP contribution in [0.15, 0.2) is 0 Å². The third-order valence-corrected chi connectivity index (χ3v) is 3.59. The lowest BCUT2D eigenvalue weighted by atomic mass is 9.83. The minimum Gasteiger partial charge on any atom is -0.382 e. The molecule has 1 fully saturated rings. The van der Waals surface area contributed by atoms with Crippen LogP contribution in [-0.4, -0.2) is 62.3 Å². The zero-order valence-electron chi connectivity index (χ0n) is 13.8. The fourth-order valence-corrected chi connectivity index (χ4v) is 2.57. The molecule has 0 spiro atoms. The second-order valence-corrected chi connectivity index (χ2v) is 6.37. The van der Waals surface area contributed by atoms with Gasteiger partial charge in [0.15, 0.2) is 0 Å². The summed E-state index contributed by atoms with van der Waals surface area (Å²) in [7, 11) is 1.61. The number of methoxy groups -OCH3 is 1. The number of carbonyl (C=O) groups excluding carboxylic acids is 2. The lowest BCUT2D eigenvalue weighted by Crippen LogP contribution is -2.67. The number of hydrogen-bond acceptors (Lipinski definition) is 4. The van der Waals surface area contributed by atoms with Crippen LogP contribution in [0.2, 0.25) is 0 Å². The summed E-state index contributed by atoms with van der Waals surface area (Å²) in [5.74, 6) is -0.0989. The van der Waals surface area contributed by atoms with Crippen molar-refractivity contribution < 1.29 is 19.1 Å². The standard InChI is InChI=1S/C15H28N2O4/c1-6-11-14(19)17(7-8-21-10-9-20-5)12(13(18)16-11)15(2,3)4/h11-12H,6-10H2,1-5H3,(H,16,18). The van der Waals surface area contributed by atoms with Gasteiger partial charge in [-0.1, -0.05) is 27.7 Å². The molecule has 2 atom stereocenters. The van der Waals surface area contributed by atoms with Gasteiger partial charge in [0.2, 0.25) is 11.8 Å². The Morgan fingerprint density at radius 3 is 2.38 bits per heavy atom. The predicted octanol–water partition coefficient (Wildman–Crippen LogP) is 0.801. The van der Waals surface area contributed by atoms with Gasteiger partial charge in [0.25, 0.3) is 0 Å². The van der Waals surface area contributed by atoms with E-state index < -0.39 is 12.1 Å². The van der Waals surface area contributed by atoms with Crippen LogP contribution < -0.4 is 5.32 Å². The minimum atomic E-state index is -0.459. The average molecular weight is 300 g/mol. The Bertz CT molecular complexity index is 365. The van der Waals surface area contributed by atoms with Crippen molar-refractivity contribution in [3.8, 4) is 0 Å². The first-order valence-electron chi connectivity index (χ1n) is 7.50. The largest absolute Gasteiger partial charge is 0.382 e. The third kappa shape index (κ3) is 4.68. The maximum atomic E-state index is 12.5. The number of piperazine rings is 1. The van der Waals surface area contributed by atoms with Crippen molar-refractivity contribution in [2.45, 2.75) is 46.2 Å². The molecule has 0 aliphatic carbocycles. The molecule has 1 N–H and O–H groups in total. The number of carbonyl (C=O) groups is 2. The molecule has 2 unspecified atom stereocenters. The van der Waals surface area contributed by atoms with Crippen molar-refractivity contribution in [1.29, 1.82) is 0 Å². The Morgan fingerprint density at radius 2 is 1.86 bits per heavy atom. The first kappa shape index (κ1) is 17.9. The Hall–Kier alpha value is -1.14. The summed E-state index contributed by atoms with van der Waals surface area (Å²) in [6.07, 6.45) is 0.600. The number of nitrogens with one attached hydrogen (secondary N) is 1. The van der Waals surface area contributed by atoms with E-state index in [1.165, 1.54) is 0 Å². The zero-order chi connectivity index (χ0) is 16.0. The molecule has 1 rings (SSSR count). The van der Waals surface area contributed by atoms with Crippen molar-refractivity contribution in [2.24, 2.45) is 5.41 Å². The van der Waals surface area contributed by atoms with Gasteiger partial charge in [0.1, 0.15) is 12.1 Å². The molecule has 0 radical (unpaired) electrons. The van der Waals surface area contributed by atoms with E-state index in [-0.39, 0.29) is 17.2 Å². The summed E-state index contributed by atoms with van der Waals surface area (Å²) in [6.45, 7) is 9.64. The Morgan fingerprint density at radius 1 is 1.19 bits per heavy atom. The molecular weight excluding hydrogens is 272 g/mol. The minimum absolute atomic E-state index is 0.0210. The third-order valence-electron chi connectivity index (χ3n) is 3.59. The maximum Gasteiger partial charge on any atom is 0.245 e. The summed E-state index contributed by atoms with van der Waals surface area (Å²) < 4.78 is 10.4. The van der Waals surface area contributed by atoms with E-state index in [0.717, 1.165) is 0 Å². The maximum absolute atomic E-state index is 12.5. The average Bonchev–Trinajstić information content (AvgIpc) is 2.40. The molecule has 2 amide bonds. The quantitative estimate of drug-likeness (QED) is 0.706. The number of nitrogens with zero attached hydrogens (tertiary/aromatic N) is 1. The van der Waals surface area contributed by atoms with Crippen molar-refractivity contribution in [3.63, 3.8) is 0 Å². The predicted molar refractivity (Wildman–Crippen MR) is 79.9 cm³/mol. The van der Waals surface area contributed by atoms with Crippen LogP contribution in [0.5, 0.6) is 0 Å². The van der Waals surface area contributed by atoms with Gasteiger partial charge in [-0.25, -0.2) is 0 Å². The van der Waals surface area contributed by atoms with E-state index in [0.29, 0.717) is 32.8 Å². The first-order valence-corrected chi connectivity index (χ1v) is 7.50. The lowest BCUT2D eigenvalue weighted by molar-refractivity contribution is -0.154. The summed E-state index contributed by atoms with van der Waals surface area (Å²) >= 11 is 0. The highest BCUT2D eigenvalue weighted by Gasteiger charge is 2.45. The van der Waals surface area contributed by atoms with Crippen LogP contribution in [0.1, 0.15) is 34.1 Å². The van der Waals surface area contributed by atoms with Crippen molar-refractivity contribution in [1.82, 2.24) is 10.2 Å². The van der Waals surface area contributed by atoms with Crippen molar-refractivity contribution >= 4 is 11.8 Å². The number of rotatable bonds is 7. The van der Waals surface area contributed by atoms with Crippen LogP contribution >= 0.6 is 0 Å². The highest BCUT2D eigenvalue weighted by atomic mass is 16.5. The van der Waals surface area contributed by atoms with E-state index in [9.17, 15) is 9.59 Å². The number of ether oxygens (including phenoxy) is 2. The topological polar surface area (TPSA) is 67.9 Å². The SMILES string of the molecule is CCC1NC(=O)C(C(C)(C)C)N(CCOCCOC)C1=O. The molecule has 122 valence electrons. The van der Waals surface area contributed by atoms with Gasteiger partial charge in [-0.2, -0.15) is 0 Å². The summed E-state index contributed by atoms with van der Waals surface area (Å²) in [5, 5.41) is 2.82. The van der Waals surface area contributed by atoms with Crippen LogP contribution in [0.4, 0.5) is 0 Å². The Balaban J connectivity index is 2.75. The second-order valence-electron chi connectivity index (χ2n) is 6.37. The lowest BCUT2D eigenvalue weighted by Gasteiger charge is -2.44. The van der Waals surface area contributed by atoms with Gasteiger partial charge in [-0.15, -0.1) is 0 Å². The van der Waals surface area contributed by atoms with E-state index in [4.69, 9.17) is 9.47 Å². The van der Waals surface area contributed by atoms with E-state index >= 15 is 0 Å². The van der Waals surface area contributed by atoms with Gasteiger partial charge in [-0.05, 0) is 11.8 Å². The molecule has 1 aliphatic heterocycles. The fraction of sp³-hybridized carbons (Fsp3) is 0.867. The van der Waals surface area contributed by atoms with Crippen LogP contribution in [0, 0.1) is 5.41 Å². The molecule has 0 bridgehead atoms. The van der Waals surface area contributed by atoms with E-state index in [1.807, 2.05) is 27.7 Å². The number of hydrogen-bond donors (Lipinski definition) is 1. The molecule has 6 heteroatoms. The molecule has 0 saturated carbocycles. The van der Waals surface area contributed by atoms with Crippen molar-refractivity contribution in [3.05, 3.63) is 0 Å². The first-order chi connectivity index (χ1) is 9.82. The molecule has 0 aromatic rings. The van der Waals surface area contributed by atoms with E-state index in [1.54, 1.807) is 12.0 Å². The summed E-state index contributed by atoms with van der Waals surface area (Å²) in [6, 6.07) is -0.881. The molecule has 6 nitrogen and oxygen atoms in total. The smallest absolute Gasteiger partial charge is 0.245 e. The second kappa shape index (κ2) is 7.75. The van der Waals surface area contributed by atoms with Crippen molar-refractivity contribution in [2.75, 3.05) is 33.5 Å². The molecule has 21 heavy (non-hydrogen) atoms. The van der Waals surface area contributed by atoms with Crippen LogP contribution in [0.25, 0.3) is 0 Å².